The zero-order chi connectivity index (χ0) is 0. The van der Waals surface area contributed by atoms with E-state index in [0.29, 0.717) is 0 Å². The first kappa shape index (κ1) is 4920. The van der Waals surface area contributed by atoms with Crippen LogP contribution < -0.4 is 0 Å². The molecule has 0 fully saturated rings. The van der Waals surface area contributed by atoms with Crippen LogP contribution in [0.2, 0.25) is 0 Å². The molecule has 0 aliphatic carbocycles. The quantitative estimate of drug-likeness (QED) is 0.333. The number of hydrogen-bond acceptors (Lipinski definition) is 0. The summed E-state index contributed by atoms with van der Waals surface area (Å²) in [5, 5.41) is 0. The van der Waals surface area contributed by atoms with Crippen molar-refractivity contribution in [3.63, 3.8) is 0 Å². The molecule has 0 rings (SSSR count). The summed E-state index contributed by atoms with van der Waals surface area (Å²) in [7, 11) is 0. The van der Waals surface area contributed by atoms with E-state index >= 15 is 0 Å². The summed E-state index contributed by atoms with van der Waals surface area (Å²) in [5.74, 6) is 0. The van der Waals surface area contributed by atoms with E-state index in [1.807, 2.05) is 0 Å². The van der Waals surface area contributed by atoms with Gasteiger partial charge in [-0.2, -0.15) is 0 Å². The second-order valence-electron chi connectivity index (χ2n) is 0. The van der Waals surface area contributed by atoms with Crippen LogP contribution in [0.15, 0.2) is 0 Å². The average Bonchev–Trinajstić information content (AvgIpc) is 0. The average molecular weight is 414 g/mol. The van der Waals surface area contributed by atoms with Crippen LogP contribution in [0.25, 0.3) is 0 Å². The van der Waals surface area contributed by atoms with Gasteiger partial charge in [0.05, 0.1) is 0 Å². The molecule has 0 aromatic heterocycles. The van der Waals surface area contributed by atoms with Crippen molar-refractivity contribution in [2.75, 3.05) is 0 Å². The molecule has 0 heterocycles. The molecule has 0 aliphatic heterocycles. The molecule has 0 spiro atoms. The minimum atomic E-state index is 0. The van der Waals surface area contributed by atoms with Crippen LogP contribution >= 0.6 is 12.4 Å². The molecule has 0 aromatic rings. The van der Waals surface area contributed by atoms with E-state index in [0.717, 1.165) is 0 Å². The zero-order valence-corrected chi connectivity index (χ0v) is 9.22. The fraction of sp³-hybridized carbons (Fsp3) is 0. The zero-order valence-electron chi connectivity index (χ0n) is 8.41. The molecule has 0 saturated heterocycles. The molecule has 0 aromatic carbocycles. The van der Waals surface area contributed by atoms with E-state index in [2.05, 4.69) is 0 Å². The van der Waals surface area contributed by atoms with Crippen molar-refractivity contribution in [3.8, 4) is 0 Å². The normalized spacial score (nSPS) is 0. The Morgan fingerprint density at radius 1 is 0.167 bits per heavy atom. The van der Waals surface area contributed by atoms with Gasteiger partial charge in [0.25, 0.3) is 0 Å². The molecule has 18 heteroatoms. The van der Waals surface area contributed by atoms with Gasteiger partial charge >= 0.3 is 45.5 Å². The van der Waals surface area contributed by atoms with Crippen molar-refractivity contribution in [1.82, 2.24) is 0 Å². The molecule has 18 heavy (non-hydrogen) atoms. The molecule has 0 atom stereocenters. The van der Waals surface area contributed by atoms with Crippen LogP contribution in [-0.4, -0.2) is 133 Å². The molecule has 16 nitrogen and oxygen atoms in total. The SMILES string of the molecule is Cl.O.O.O.O.O.O.O.O.O.O.O.O.O.O.O.O.[SrH2]. The molecule has 0 aliphatic rings. The summed E-state index contributed by atoms with van der Waals surface area (Å²) >= 11 is 0. The third-order valence-electron chi connectivity index (χ3n) is 0. The predicted octanol–water partition coefficient (Wildman–Crippen LogP) is -13.7. The third-order valence-corrected chi connectivity index (χ3v) is 0. The molecule has 0 bridgehead atoms. The summed E-state index contributed by atoms with van der Waals surface area (Å²) in [6.45, 7) is 0. The maximum atomic E-state index is 0. The van der Waals surface area contributed by atoms with E-state index in [9.17, 15) is 0 Å². The molecule has 140 valence electrons. The first-order chi connectivity index (χ1) is 0. The fourth-order valence-electron chi connectivity index (χ4n) is 0. The van der Waals surface area contributed by atoms with Crippen LogP contribution in [0.3, 0.4) is 0 Å². The van der Waals surface area contributed by atoms with Crippen molar-refractivity contribution in [2.45, 2.75) is 0 Å². The molecular formula is H35ClO16Sr. The summed E-state index contributed by atoms with van der Waals surface area (Å²) in [6, 6.07) is 0. The molecule has 0 radical (unpaired) electrons. The monoisotopic (exact) mass is 414 g/mol. The predicted molar refractivity (Wildman–Crippen MR) is 73.6 cm³/mol. The second-order valence-corrected chi connectivity index (χ2v) is 0. The van der Waals surface area contributed by atoms with Crippen LogP contribution in [0.4, 0.5) is 0 Å². The Kier molecular flexibility index (Phi) is 1140000. The fourth-order valence-corrected chi connectivity index (χ4v) is 0. The Hall–Kier alpha value is 1.13. The number of hydrogen-bond donors (Lipinski definition) is 0. The molecule has 0 amide bonds. The van der Waals surface area contributed by atoms with E-state index in [1.165, 1.54) is 0 Å². The summed E-state index contributed by atoms with van der Waals surface area (Å²) in [6.07, 6.45) is 0. The standard InChI is InChI=1S/ClH.16H2O.Sr.2H/h1H;16*1H2;;;. The minimum absolute atomic E-state index is 0. The van der Waals surface area contributed by atoms with Crippen molar-refractivity contribution in [1.29, 1.82) is 0 Å². The molecular weight excluding hydrogens is 379 g/mol. The summed E-state index contributed by atoms with van der Waals surface area (Å²) in [5.41, 5.74) is 0. The topological polar surface area (TPSA) is 504 Å². The Bertz CT molecular complexity index is 11.1. The van der Waals surface area contributed by atoms with Crippen LogP contribution in [-0.2, 0) is 0 Å². The van der Waals surface area contributed by atoms with Crippen LogP contribution in [0.5, 0.6) is 0 Å². The molecule has 0 unspecified atom stereocenters. The van der Waals surface area contributed by atoms with Gasteiger partial charge in [-0.3, -0.25) is 0 Å². The Labute approximate surface area is 145 Å². The van der Waals surface area contributed by atoms with Gasteiger partial charge in [-0.25, -0.2) is 0 Å². The van der Waals surface area contributed by atoms with Gasteiger partial charge in [0.15, 0.2) is 0 Å². The van der Waals surface area contributed by atoms with Crippen molar-refractivity contribution >= 4 is 57.9 Å². The Morgan fingerprint density at radius 3 is 0.167 bits per heavy atom. The van der Waals surface area contributed by atoms with Gasteiger partial charge in [0.1, 0.15) is 0 Å². The van der Waals surface area contributed by atoms with Crippen molar-refractivity contribution in [3.05, 3.63) is 0 Å². The Morgan fingerprint density at radius 2 is 0.167 bits per heavy atom. The maximum absolute atomic E-state index is 0. The number of rotatable bonds is 0. The van der Waals surface area contributed by atoms with Gasteiger partial charge in [-0.1, -0.05) is 0 Å². The number of halogens is 1. The second kappa shape index (κ2) is 4160. The van der Waals surface area contributed by atoms with Crippen molar-refractivity contribution in [2.24, 2.45) is 0 Å². The third kappa shape index (κ3) is 3490. The van der Waals surface area contributed by atoms with Gasteiger partial charge in [-0.05, 0) is 0 Å². The molecule has 0 saturated carbocycles. The molecule has 32 N–H and O–H groups in total. The Balaban J connectivity index is 0. The summed E-state index contributed by atoms with van der Waals surface area (Å²) in [4.78, 5) is 0. The van der Waals surface area contributed by atoms with E-state index in [1.54, 1.807) is 0 Å². The van der Waals surface area contributed by atoms with Crippen molar-refractivity contribution < 1.29 is 87.6 Å². The van der Waals surface area contributed by atoms with Gasteiger partial charge in [0.2, 0.25) is 0 Å². The first-order valence-corrected chi connectivity index (χ1v) is 0. The van der Waals surface area contributed by atoms with E-state index in [-0.39, 0.29) is 146 Å². The van der Waals surface area contributed by atoms with E-state index < -0.39 is 0 Å². The van der Waals surface area contributed by atoms with E-state index in [4.69, 9.17) is 0 Å². The van der Waals surface area contributed by atoms with Crippen LogP contribution in [0, 0.1) is 0 Å². The summed E-state index contributed by atoms with van der Waals surface area (Å²) < 4.78 is 0. The van der Waals surface area contributed by atoms with Gasteiger partial charge in [0, 0.05) is 0 Å². The van der Waals surface area contributed by atoms with Crippen LogP contribution in [0.1, 0.15) is 0 Å². The van der Waals surface area contributed by atoms with Gasteiger partial charge < -0.3 is 87.6 Å². The first-order valence-electron chi connectivity index (χ1n) is 0. The van der Waals surface area contributed by atoms with Gasteiger partial charge in [-0.15, -0.1) is 12.4 Å².